The highest BCUT2D eigenvalue weighted by molar-refractivity contribution is 7.46. The first kappa shape index (κ1) is 50.9. The van der Waals surface area contributed by atoms with E-state index in [1.807, 2.05) is 6.08 Å². The third kappa shape index (κ3) is 41.0. The van der Waals surface area contributed by atoms with Crippen LogP contribution in [0.2, 0.25) is 0 Å². The minimum atomic E-state index is -4.78. The molecule has 0 heterocycles. The molecule has 0 aromatic heterocycles. The lowest BCUT2D eigenvalue weighted by Gasteiger charge is -2.18. The minimum absolute atomic E-state index is 0.111. The zero-order chi connectivity index (χ0) is 39.1. The molecule has 10 heteroatoms. The molecular weight excluding hydrogens is 691 g/mol. The fourth-order valence-electron chi connectivity index (χ4n) is 5.88. The highest BCUT2D eigenvalue weighted by atomic mass is 31.2. The number of phosphoric ester groups is 1. The van der Waals surface area contributed by atoms with Gasteiger partial charge in [0.05, 0.1) is 6.61 Å². The number of allylic oxidation sites excluding steroid dienone is 6. The maximum absolute atomic E-state index is 12.4. The molecule has 9 nitrogen and oxygen atoms in total. The number of ether oxygens (including phenoxy) is 2. The van der Waals surface area contributed by atoms with Gasteiger partial charge in [-0.25, -0.2) is 4.57 Å². The Morgan fingerprint density at radius 1 is 0.528 bits per heavy atom. The van der Waals surface area contributed by atoms with Crippen LogP contribution in [0.1, 0.15) is 200 Å². The maximum atomic E-state index is 12.4. The van der Waals surface area contributed by atoms with E-state index in [0.29, 0.717) is 19.3 Å². The summed E-state index contributed by atoms with van der Waals surface area (Å²) in [5, 5.41) is 0. The van der Waals surface area contributed by atoms with Gasteiger partial charge in [-0.1, -0.05) is 153 Å². The molecule has 1 atom stereocenters. The fourth-order valence-corrected chi connectivity index (χ4v) is 6.24. The number of carbonyl (C=O) groups excluding carboxylic acids is 3. The van der Waals surface area contributed by atoms with Gasteiger partial charge in [0.15, 0.2) is 11.9 Å². The second kappa shape index (κ2) is 38.2. The molecular formula is C43H77O9P. The molecule has 0 amide bonds. The molecule has 308 valence electrons. The molecule has 0 aliphatic carbocycles. The summed E-state index contributed by atoms with van der Waals surface area (Å²) in [6.45, 7) is 3.53. The molecule has 2 N–H and O–H groups in total. The Balaban J connectivity index is 3.97. The lowest BCUT2D eigenvalue weighted by Crippen LogP contribution is -2.29. The normalized spacial score (nSPS) is 12.7. The van der Waals surface area contributed by atoms with Gasteiger partial charge in [0.25, 0.3) is 0 Å². The number of rotatable bonds is 39. The number of carbonyl (C=O) groups is 3. The highest BCUT2D eigenvalue weighted by Gasteiger charge is 2.23. The Morgan fingerprint density at radius 2 is 0.962 bits per heavy atom. The molecule has 0 saturated heterocycles. The van der Waals surface area contributed by atoms with Crippen molar-refractivity contribution in [2.45, 2.75) is 206 Å². The summed E-state index contributed by atoms with van der Waals surface area (Å²) in [5.74, 6) is -0.866. The average Bonchev–Trinajstić information content (AvgIpc) is 3.12. The Labute approximate surface area is 323 Å². The molecule has 0 spiro atoms. The van der Waals surface area contributed by atoms with Gasteiger partial charge in [-0.05, 0) is 63.9 Å². The lowest BCUT2D eigenvalue weighted by atomic mass is 10.1. The fraction of sp³-hybridized carbons (Fsp3) is 0.791. The standard InChI is InChI=1S/C43H77O9P/c1-3-5-7-9-11-12-13-14-15-16-17-18-19-20-21-22-24-28-32-36-42(45)50-38-41(39-51-53(47,48)49)52-43(46)37-33-29-25-27-31-35-40(44)34-30-26-23-10-8-6-4-2/h14-15,23,26,30,34,41H,3-13,16-22,24-25,27-29,31-33,35-39H2,1-2H3,(H2,47,48,49)/b15-14-,26-23-,34-30+/t41-/m1/s1. The maximum Gasteiger partial charge on any atom is 0.469 e. The predicted molar refractivity (Wildman–Crippen MR) is 217 cm³/mol. The van der Waals surface area contributed by atoms with E-state index in [0.717, 1.165) is 51.4 Å². The van der Waals surface area contributed by atoms with Crippen molar-refractivity contribution in [2.24, 2.45) is 0 Å². The van der Waals surface area contributed by atoms with Crippen molar-refractivity contribution in [3.8, 4) is 0 Å². The second-order valence-corrected chi connectivity index (χ2v) is 15.6. The first-order chi connectivity index (χ1) is 25.7. The molecule has 0 aliphatic rings. The van der Waals surface area contributed by atoms with Crippen LogP contribution in [0.15, 0.2) is 36.5 Å². The van der Waals surface area contributed by atoms with Gasteiger partial charge >= 0.3 is 19.8 Å². The Bertz CT molecular complexity index is 1020. The van der Waals surface area contributed by atoms with Crippen LogP contribution in [-0.2, 0) is 32.9 Å². The zero-order valence-electron chi connectivity index (χ0n) is 33.7. The Kier molecular flexibility index (Phi) is 36.7. The molecule has 0 bridgehead atoms. The summed E-state index contributed by atoms with van der Waals surface area (Å²) in [7, 11) is -4.78. The first-order valence-electron chi connectivity index (χ1n) is 21.2. The number of esters is 2. The van der Waals surface area contributed by atoms with Crippen molar-refractivity contribution in [2.75, 3.05) is 13.2 Å². The van der Waals surface area contributed by atoms with Crippen LogP contribution < -0.4 is 0 Å². The molecule has 0 aromatic rings. The summed E-state index contributed by atoms with van der Waals surface area (Å²) in [6, 6.07) is 0. The predicted octanol–water partition coefficient (Wildman–Crippen LogP) is 12.1. The molecule has 0 aromatic carbocycles. The Morgan fingerprint density at radius 3 is 1.51 bits per heavy atom. The van der Waals surface area contributed by atoms with Crippen molar-refractivity contribution >= 4 is 25.5 Å². The number of hydrogen-bond donors (Lipinski definition) is 2. The third-order valence-corrected chi connectivity index (χ3v) is 9.59. The summed E-state index contributed by atoms with van der Waals surface area (Å²) in [5.41, 5.74) is 0. The van der Waals surface area contributed by atoms with Gasteiger partial charge in [0, 0.05) is 19.3 Å². The van der Waals surface area contributed by atoms with E-state index in [1.54, 1.807) is 12.2 Å². The van der Waals surface area contributed by atoms with Crippen LogP contribution in [0.25, 0.3) is 0 Å². The van der Waals surface area contributed by atoms with Gasteiger partial charge in [0.2, 0.25) is 0 Å². The quantitative estimate of drug-likeness (QED) is 0.0156. The van der Waals surface area contributed by atoms with Crippen molar-refractivity contribution in [1.82, 2.24) is 0 Å². The van der Waals surface area contributed by atoms with Gasteiger partial charge < -0.3 is 19.3 Å². The van der Waals surface area contributed by atoms with Crippen LogP contribution in [0.5, 0.6) is 0 Å². The van der Waals surface area contributed by atoms with E-state index in [1.165, 1.54) is 103 Å². The minimum Gasteiger partial charge on any atom is -0.462 e. The van der Waals surface area contributed by atoms with Crippen LogP contribution in [0, 0.1) is 0 Å². The van der Waals surface area contributed by atoms with Crippen molar-refractivity contribution in [3.63, 3.8) is 0 Å². The van der Waals surface area contributed by atoms with E-state index >= 15 is 0 Å². The number of unbranched alkanes of at least 4 members (excludes halogenated alkanes) is 22. The number of ketones is 1. The van der Waals surface area contributed by atoms with Crippen molar-refractivity contribution in [3.05, 3.63) is 36.5 Å². The smallest absolute Gasteiger partial charge is 0.462 e. The first-order valence-corrected chi connectivity index (χ1v) is 22.8. The molecule has 0 unspecified atom stereocenters. The topological polar surface area (TPSA) is 136 Å². The SMILES string of the molecule is CCCCC/C=C\C=C\C(=O)CCCCCCCC(=O)O[C@H](COC(=O)CCCCCCCCCCC/C=C\CCCCCCCC)COP(=O)(O)O. The van der Waals surface area contributed by atoms with Crippen LogP contribution >= 0.6 is 7.82 Å². The van der Waals surface area contributed by atoms with E-state index < -0.39 is 32.5 Å². The van der Waals surface area contributed by atoms with Gasteiger partial charge in [-0.2, -0.15) is 0 Å². The largest absolute Gasteiger partial charge is 0.469 e. The van der Waals surface area contributed by atoms with Crippen LogP contribution in [0.4, 0.5) is 0 Å². The molecule has 0 saturated carbocycles. The molecule has 0 radical (unpaired) electrons. The molecule has 0 fully saturated rings. The van der Waals surface area contributed by atoms with Gasteiger partial charge in [-0.3, -0.25) is 18.9 Å². The zero-order valence-corrected chi connectivity index (χ0v) is 34.6. The summed E-state index contributed by atoms with van der Waals surface area (Å²) in [4.78, 5) is 54.8. The number of phosphoric acid groups is 1. The monoisotopic (exact) mass is 769 g/mol. The van der Waals surface area contributed by atoms with Crippen LogP contribution in [-0.4, -0.2) is 46.8 Å². The van der Waals surface area contributed by atoms with E-state index in [9.17, 15) is 18.9 Å². The summed E-state index contributed by atoms with van der Waals surface area (Å²) < 4.78 is 26.3. The summed E-state index contributed by atoms with van der Waals surface area (Å²) in [6.07, 6.45) is 41.1. The second-order valence-electron chi connectivity index (χ2n) is 14.3. The van der Waals surface area contributed by atoms with E-state index in [2.05, 4.69) is 36.6 Å². The van der Waals surface area contributed by atoms with Crippen molar-refractivity contribution in [1.29, 1.82) is 0 Å². The molecule has 0 rings (SSSR count). The highest BCUT2D eigenvalue weighted by Crippen LogP contribution is 2.36. The summed E-state index contributed by atoms with van der Waals surface area (Å²) >= 11 is 0. The Hall–Kier alpha value is -2.06. The van der Waals surface area contributed by atoms with Gasteiger partial charge in [0.1, 0.15) is 6.61 Å². The lowest BCUT2D eigenvalue weighted by molar-refractivity contribution is -0.161. The molecule has 53 heavy (non-hydrogen) atoms. The van der Waals surface area contributed by atoms with E-state index in [4.69, 9.17) is 19.3 Å². The van der Waals surface area contributed by atoms with Crippen LogP contribution in [0.3, 0.4) is 0 Å². The van der Waals surface area contributed by atoms with Gasteiger partial charge in [-0.15, -0.1) is 0 Å². The average molecular weight is 769 g/mol. The van der Waals surface area contributed by atoms with E-state index in [-0.39, 0.29) is 25.2 Å². The van der Waals surface area contributed by atoms with Crippen molar-refractivity contribution < 1.29 is 42.7 Å². The molecule has 0 aliphatic heterocycles. The third-order valence-electron chi connectivity index (χ3n) is 9.11. The number of hydrogen-bond acceptors (Lipinski definition) is 7.